The van der Waals surface area contributed by atoms with Gasteiger partial charge in [-0.25, -0.2) is 9.97 Å². The molecule has 7 nitrogen and oxygen atoms in total. The number of aromatic nitrogens is 4. The van der Waals surface area contributed by atoms with E-state index in [1.54, 1.807) is 22.9 Å². The Kier molecular flexibility index (Phi) is 4.91. The Labute approximate surface area is 183 Å². The maximum atomic E-state index is 13.6. The zero-order chi connectivity index (χ0) is 22.1. The van der Waals surface area contributed by atoms with Gasteiger partial charge in [0, 0.05) is 23.1 Å². The maximum absolute atomic E-state index is 13.6. The second kappa shape index (κ2) is 8.03. The molecule has 3 aromatic heterocycles. The number of aldehydes is 1. The van der Waals surface area contributed by atoms with Gasteiger partial charge in [-0.05, 0) is 42.6 Å². The Hall–Kier alpha value is -4.39. The summed E-state index contributed by atoms with van der Waals surface area (Å²) in [6, 6.07) is 20.0. The first-order valence-corrected chi connectivity index (χ1v) is 10.2. The second-order valence-electron chi connectivity index (χ2n) is 7.43. The minimum absolute atomic E-state index is 0.245. The first kappa shape index (κ1) is 19.6. The van der Waals surface area contributed by atoms with E-state index in [-0.39, 0.29) is 11.6 Å². The van der Waals surface area contributed by atoms with Crippen molar-refractivity contribution in [1.29, 1.82) is 0 Å². The van der Waals surface area contributed by atoms with Crippen LogP contribution in [-0.2, 0) is 0 Å². The Morgan fingerprint density at radius 1 is 0.969 bits per heavy atom. The molecule has 0 bridgehead atoms. The Balaban J connectivity index is 1.72. The molecule has 0 aliphatic carbocycles. The van der Waals surface area contributed by atoms with Gasteiger partial charge in [0.2, 0.25) is 0 Å². The number of nitrogens with one attached hydrogen (secondary N) is 1. The number of hydrogen-bond acceptors (Lipinski definition) is 6. The van der Waals surface area contributed by atoms with E-state index in [1.807, 2.05) is 61.5 Å². The van der Waals surface area contributed by atoms with Crippen LogP contribution >= 0.6 is 0 Å². The summed E-state index contributed by atoms with van der Waals surface area (Å²) in [4.78, 5) is 38.3. The standard InChI is InChI=1S/C25H19N5O2/c1-16(29-24-23-20(27-15-28-24)11-6-12-26-23)21-13-17-7-5-8-18(14-31)22(17)25(32)30(21)19-9-3-2-4-10-19/h2-16H,1H3,(H,27,28,29). The average Bonchev–Trinajstić information content (AvgIpc) is 2.84. The molecular formula is C25H19N5O2. The Bertz CT molecular complexity index is 1510. The van der Waals surface area contributed by atoms with E-state index in [1.165, 1.54) is 6.33 Å². The van der Waals surface area contributed by atoms with Gasteiger partial charge in [0.15, 0.2) is 12.1 Å². The SMILES string of the molecule is CC(Nc1ncnc2cccnc12)c1cc2cccc(C=O)c2c(=O)n1-c1ccccc1. The molecule has 0 spiro atoms. The van der Waals surface area contributed by atoms with Gasteiger partial charge in [-0.3, -0.25) is 19.1 Å². The van der Waals surface area contributed by atoms with E-state index in [4.69, 9.17) is 0 Å². The highest BCUT2D eigenvalue weighted by atomic mass is 16.1. The number of carbonyl (C=O) groups excluding carboxylic acids is 1. The van der Waals surface area contributed by atoms with Crippen LogP contribution in [0.4, 0.5) is 5.82 Å². The number of hydrogen-bond donors (Lipinski definition) is 1. The number of pyridine rings is 2. The van der Waals surface area contributed by atoms with Gasteiger partial charge in [0.05, 0.1) is 16.9 Å². The van der Waals surface area contributed by atoms with Gasteiger partial charge in [-0.1, -0.05) is 36.4 Å². The number of benzene rings is 2. The molecule has 0 amide bonds. The number of para-hydroxylation sites is 1. The van der Waals surface area contributed by atoms with E-state index in [2.05, 4.69) is 20.3 Å². The van der Waals surface area contributed by atoms with Crippen molar-refractivity contribution in [2.45, 2.75) is 13.0 Å². The lowest BCUT2D eigenvalue weighted by molar-refractivity contribution is 0.112. The molecule has 0 aliphatic rings. The number of rotatable bonds is 5. The highest BCUT2D eigenvalue weighted by Gasteiger charge is 2.19. The van der Waals surface area contributed by atoms with Gasteiger partial charge in [0.25, 0.3) is 5.56 Å². The zero-order valence-corrected chi connectivity index (χ0v) is 17.3. The third-order valence-electron chi connectivity index (χ3n) is 5.44. The van der Waals surface area contributed by atoms with Crippen molar-refractivity contribution >= 4 is 33.9 Å². The van der Waals surface area contributed by atoms with Crippen molar-refractivity contribution in [1.82, 2.24) is 19.5 Å². The summed E-state index contributed by atoms with van der Waals surface area (Å²) >= 11 is 0. The highest BCUT2D eigenvalue weighted by Crippen LogP contribution is 2.26. The predicted molar refractivity (Wildman–Crippen MR) is 124 cm³/mol. The maximum Gasteiger partial charge on any atom is 0.263 e. The van der Waals surface area contributed by atoms with Gasteiger partial charge < -0.3 is 5.32 Å². The first-order valence-electron chi connectivity index (χ1n) is 10.2. The molecule has 3 heterocycles. The summed E-state index contributed by atoms with van der Waals surface area (Å²) in [5.41, 5.74) is 2.96. The summed E-state index contributed by atoms with van der Waals surface area (Å²) < 4.78 is 1.64. The molecule has 1 N–H and O–H groups in total. The molecule has 156 valence electrons. The van der Waals surface area contributed by atoms with Crippen molar-refractivity contribution in [3.8, 4) is 5.69 Å². The molecule has 32 heavy (non-hydrogen) atoms. The minimum atomic E-state index is -0.299. The largest absolute Gasteiger partial charge is 0.360 e. The summed E-state index contributed by atoms with van der Waals surface area (Å²) in [5, 5.41) is 4.50. The van der Waals surface area contributed by atoms with E-state index in [0.29, 0.717) is 27.7 Å². The number of carbonyl (C=O) groups is 1. The van der Waals surface area contributed by atoms with Crippen LogP contribution in [0.1, 0.15) is 29.0 Å². The molecule has 5 aromatic rings. The van der Waals surface area contributed by atoms with Gasteiger partial charge in [0.1, 0.15) is 11.8 Å². The van der Waals surface area contributed by atoms with Gasteiger partial charge in [-0.15, -0.1) is 0 Å². The summed E-state index contributed by atoms with van der Waals surface area (Å²) in [6.45, 7) is 1.96. The van der Waals surface area contributed by atoms with E-state index in [9.17, 15) is 9.59 Å². The van der Waals surface area contributed by atoms with E-state index < -0.39 is 0 Å². The molecule has 7 heteroatoms. The van der Waals surface area contributed by atoms with E-state index in [0.717, 1.165) is 23.2 Å². The van der Waals surface area contributed by atoms with Crippen LogP contribution in [0.15, 0.2) is 84.0 Å². The average molecular weight is 421 g/mol. The second-order valence-corrected chi connectivity index (χ2v) is 7.43. The fourth-order valence-corrected chi connectivity index (χ4v) is 3.95. The van der Waals surface area contributed by atoms with Crippen LogP contribution in [0.5, 0.6) is 0 Å². The molecule has 1 atom stereocenters. The van der Waals surface area contributed by atoms with Crippen LogP contribution in [-0.4, -0.2) is 25.8 Å². The van der Waals surface area contributed by atoms with Crippen molar-refractivity contribution in [3.05, 3.63) is 101 Å². The number of anilines is 1. The predicted octanol–water partition coefficient (Wildman–Crippen LogP) is 4.31. The quantitative estimate of drug-likeness (QED) is 0.425. The van der Waals surface area contributed by atoms with Crippen molar-refractivity contribution in [2.24, 2.45) is 0 Å². The third kappa shape index (κ3) is 3.30. The molecule has 0 saturated carbocycles. The van der Waals surface area contributed by atoms with Crippen LogP contribution in [0, 0.1) is 0 Å². The van der Waals surface area contributed by atoms with Crippen LogP contribution in [0.2, 0.25) is 0 Å². The summed E-state index contributed by atoms with van der Waals surface area (Å²) in [7, 11) is 0. The van der Waals surface area contributed by atoms with Gasteiger partial charge >= 0.3 is 0 Å². The van der Waals surface area contributed by atoms with Crippen LogP contribution in [0.25, 0.3) is 27.5 Å². The molecule has 0 saturated heterocycles. The summed E-state index contributed by atoms with van der Waals surface area (Å²) in [6.07, 6.45) is 3.90. The number of fused-ring (bicyclic) bond motifs is 2. The van der Waals surface area contributed by atoms with E-state index >= 15 is 0 Å². The molecule has 5 rings (SSSR count). The molecule has 1 unspecified atom stereocenters. The topological polar surface area (TPSA) is 89.8 Å². The number of nitrogens with zero attached hydrogens (tertiary/aromatic N) is 4. The van der Waals surface area contributed by atoms with Crippen molar-refractivity contribution in [3.63, 3.8) is 0 Å². The first-order chi connectivity index (χ1) is 15.7. The third-order valence-corrected chi connectivity index (χ3v) is 5.44. The lowest BCUT2D eigenvalue weighted by Crippen LogP contribution is -2.26. The minimum Gasteiger partial charge on any atom is -0.360 e. The van der Waals surface area contributed by atoms with Crippen LogP contribution in [0.3, 0.4) is 0 Å². The smallest absolute Gasteiger partial charge is 0.263 e. The lowest BCUT2D eigenvalue weighted by atomic mass is 10.0. The van der Waals surface area contributed by atoms with Gasteiger partial charge in [-0.2, -0.15) is 0 Å². The summed E-state index contributed by atoms with van der Waals surface area (Å²) in [5.74, 6) is 0.580. The molecule has 0 radical (unpaired) electrons. The van der Waals surface area contributed by atoms with Crippen molar-refractivity contribution < 1.29 is 4.79 Å². The lowest BCUT2D eigenvalue weighted by Gasteiger charge is -2.22. The fraction of sp³-hybridized carbons (Fsp3) is 0.0800. The molecule has 0 aliphatic heterocycles. The fourth-order valence-electron chi connectivity index (χ4n) is 3.95. The molecule has 2 aromatic carbocycles. The normalized spacial score (nSPS) is 12.0. The van der Waals surface area contributed by atoms with Crippen molar-refractivity contribution in [2.75, 3.05) is 5.32 Å². The molecule has 0 fully saturated rings. The van der Waals surface area contributed by atoms with Crippen LogP contribution < -0.4 is 10.9 Å². The molecular weight excluding hydrogens is 402 g/mol. The zero-order valence-electron chi connectivity index (χ0n) is 17.3. The highest BCUT2D eigenvalue weighted by molar-refractivity contribution is 5.98. The monoisotopic (exact) mass is 421 g/mol. The Morgan fingerprint density at radius 3 is 2.62 bits per heavy atom. The Morgan fingerprint density at radius 2 is 1.81 bits per heavy atom.